The molecule has 1 aliphatic rings. The number of rotatable bonds is 4. The number of amides is 3. The van der Waals surface area contributed by atoms with Crippen molar-refractivity contribution in [2.45, 2.75) is 45.1 Å². The number of nitrogens with two attached hydrogens (primary N) is 1. The Morgan fingerprint density at radius 1 is 1.23 bits per heavy atom. The molecule has 0 atom stereocenters. The molecule has 0 bridgehead atoms. The van der Waals surface area contributed by atoms with Gasteiger partial charge in [0.2, 0.25) is 5.91 Å². The van der Waals surface area contributed by atoms with E-state index in [1.54, 1.807) is 12.1 Å². The van der Waals surface area contributed by atoms with Gasteiger partial charge in [-0.3, -0.25) is 4.79 Å². The van der Waals surface area contributed by atoms with Crippen LogP contribution in [0.4, 0.5) is 16.2 Å². The van der Waals surface area contributed by atoms with Crippen molar-refractivity contribution in [2.24, 2.45) is 0 Å². The van der Waals surface area contributed by atoms with Gasteiger partial charge in [-0.1, -0.05) is 25.3 Å². The summed E-state index contributed by atoms with van der Waals surface area (Å²) < 4.78 is 0. The molecule has 1 fully saturated rings. The third-order valence-corrected chi connectivity index (χ3v) is 3.89. The van der Waals surface area contributed by atoms with Crippen molar-refractivity contribution in [1.82, 2.24) is 10.6 Å². The van der Waals surface area contributed by atoms with Crippen LogP contribution in [-0.2, 0) is 4.79 Å². The average Bonchev–Trinajstić information content (AvgIpc) is 2.50. The van der Waals surface area contributed by atoms with E-state index in [9.17, 15) is 9.59 Å². The minimum absolute atomic E-state index is 0.0627. The van der Waals surface area contributed by atoms with Gasteiger partial charge in [-0.25, -0.2) is 4.79 Å². The second-order valence-electron chi connectivity index (χ2n) is 5.78. The minimum Gasteiger partial charge on any atom is -0.399 e. The van der Waals surface area contributed by atoms with Crippen molar-refractivity contribution >= 4 is 23.3 Å². The number of carbonyl (C=O) groups is 2. The molecule has 0 aliphatic heterocycles. The zero-order valence-electron chi connectivity index (χ0n) is 12.9. The van der Waals surface area contributed by atoms with E-state index < -0.39 is 0 Å². The molecule has 1 aromatic rings. The fourth-order valence-corrected chi connectivity index (χ4v) is 2.61. The molecule has 0 unspecified atom stereocenters. The Morgan fingerprint density at radius 2 is 1.95 bits per heavy atom. The maximum atomic E-state index is 11.9. The quantitative estimate of drug-likeness (QED) is 0.642. The molecule has 2 rings (SSSR count). The molecule has 0 saturated heterocycles. The summed E-state index contributed by atoms with van der Waals surface area (Å²) in [6.45, 7) is 1.82. The minimum atomic E-state index is -0.286. The second-order valence-corrected chi connectivity index (χ2v) is 5.78. The van der Waals surface area contributed by atoms with Crippen LogP contribution in [0.1, 0.15) is 37.7 Å². The third kappa shape index (κ3) is 4.95. The van der Waals surface area contributed by atoms with Crippen LogP contribution in [0.25, 0.3) is 0 Å². The fraction of sp³-hybridized carbons (Fsp3) is 0.500. The van der Waals surface area contributed by atoms with Gasteiger partial charge in [0.05, 0.1) is 6.54 Å². The van der Waals surface area contributed by atoms with Gasteiger partial charge in [0.25, 0.3) is 0 Å². The second kappa shape index (κ2) is 7.68. The number of nitrogens with one attached hydrogen (secondary N) is 3. The monoisotopic (exact) mass is 304 g/mol. The summed E-state index contributed by atoms with van der Waals surface area (Å²) in [6, 6.07) is 5.27. The highest BCUT2D eigenvalue weighted by Gasteiger charge is 2.16. The number of aryl methyl sites for hydroxylation is 1. The molecular weight excluding hydrogens is 280 g/mol. The Labute approximate surface area is 130 Å². The van der Waals surface area contributed by atoms with Gasteiger partial charge in [-0.2, -0.15) is 0 Å². The van der Waals surface area contributed by atoms with E-state index in [0.717, 1.165) is 31.2 Å². The molecule has 22 heavy (non-hydrogen) atoms. The summed E-state index contributed by atoms with van der Waals surface area (Å²) in [5, 5.41) is 8.25. The molecule has 5 N–H and O–H groups in total. The topological polar surface area (TPSA) is 96.2 Å². The summed E-state index contributed by atoms with van der Waals surface area (Å²) >= 11 is 0. The van der Waals surface area contributed by atoms with E-state index in [-0.39, 0.29) is 24.5 Å². The summed E-state index contributed by atoms with van der Waals surface area (Å²) in [7, 11) is 0. The third-order valence-electron chi connectivity index (χ3n) is 3.89. The highest BCUT2D eigenvalue weighted by atomic mass is 16.2. The van der Waals surface area contributed by atoms with Crippen LogP contribution in [0, 0.1) is 6.92 Å². The average molecular weight is 304 g/mol. The molecule has 1 saturated carbocycles. The van der Waals surface area contributed by atoms with Gasteiger partial charge >= 0.3 is 6.03 Å². The van der Waals surface area contributed by atoms with Crippen LogP contribution in [-0.4, -0.2) is 24.5 Å². The first kappa shape index (κ1) is 16.1. The maximum absolute atomic E-state index is 11.9. The van der Waals surface area contributed by atoms with Crippen molar-refractivity contribution in [1.29, 1.82) is 0 Å². The Balaban J connectivity index is 1.75. The zero-order valence-corrected chi connectivity index (χ0v) is 12.9. The first-order chi connectivity index (χ1) is 10.5. The Hall–Kier alpha value is -2.24. The van der Waals surface area contributed by atoms with Crippen LogP contribution in [0.5, 0.6) is 0 Å². The SMILES string of the molecule is Cc1ccc(N)cc1NC(=O)CNC(=O)NC1CCCCC1. The van der Waals surface area contributed by atoms with Gasteiger partial charge in [0.1, 0.15) is 0 Å². The molecule has 6 nitrogen and oxygen atoms in total. The number of hydrogen-bond acceptors (Lipinski definition) is 3. The number of benzene rings is 1. The van der Waals surface area contributed by atoms with E-state index in [1.807, 2.05) is 13.0 Å². The van der Waals surface area contributed by atoms with Crippen molar-refractivity contribution in [3.8, 4) is 0 Å². The number of anilines is 2. The van der Waals surface area contributed by atoms with E-state index in [4.69, 9.17) is 5.73 Å². The number of urea groups is 1. The first-order valence-corrected chi connectivity index (χ1v) is 7.75. The van der Waals surface area contributed by atoms with Gasteiger partial charge in [0, 0.05) is 17.4 Å². The predicted octanol–water partition coefficient (Wildman–Crippen LogP) is 2.15. The summed E-state index contributed by atoms with van der Waals surface area (Å²) in [4.78, 5) is 23.6. The largest absolute Gasteiger partial charge is 0.399 e. The van der Waals surface area contributed by atoms with Gasteiger partial charge in [-0.15, -0.1) is 0 Å². The standard InChI is InChI=1S/C16H24N4O2/c1-11-7-8-12(17)9-14(11)20-15(21)10-18-16(22)19-13-5-3-2-4-6-13/h7-9,13H,2-6,10,17H2,1H3,(H,20,21)(H2,18,19,22). The molecule has 0 heterocycles. The smallest absolute Gasteiger partial charge is 0.315 e. The number of hydrogen-bond donors (Lipinski definition) is 4. The Kier molecular flexibility index (Phi) is 5.63. The Morgan fingerprint density at radius 3 is 2.68 bits per heavy atom. The van der Waals surface area contributed by atoms with Crippen LogP contribution >= 0.6 is 0 Å². The van der Waals surface area contributed by atoms with Crippen LogP contribution in [0.2, 0.25) is 0 Å². The lowest BCUT2D eigenvalue weighted by atomic mass is 9.96. The van der Waals surface area contributed by atoms with E-state index in [1.165, 1.54) is 6.42 Å². The highest BCUT2D eigenvalue weighted by Crippen LogP contribution is 2.18. The van der Waals surface area contributed by atoms with Crippen molar-refractivity contribution < 1.29 is 9.59 Å². The van der Waals surface area contributed by atoms with Crippen LogP contribution in [0.15, 0.2) is 18.2 Å². The predicted molar refractivity (Wildman–Crippen MR) is 87.6 cm³/mol. The van der Waals surface area contributed by atoms with Crippen molar-refractivity contribution in [2.75, 3.05) is 17.6 Å². The molecule has 1 aliphatic carbocycles. The molecule has 1 aromatic carbocycles. The maximum Gasteiger partial charge on any atom is 0.315 e. The lowest BCUT2D eigenvalue weighted by Gasteiger charge is -2.22. The fourth-order valence-electron chi connectivity index (χ4n) is 2.61. The highest BCUT2D eigenvalue weighted by molar-refractivity contribution is 5.95. The van der Waals surface area contributed by atoms with E-state index in [2.05, 4.69) is 16.0 Å². The number of carbonyl (C=O) groups excluding carboxylic acids is 2. The summed E-state index contributed by atoms with van der Waals surface area (Å²) in [5.41, 5.74) is 7.88. The first-order valence-electron chi connectivity index (χ1n) is 7.75. The van der Waals surface area contributed by atoms with Gasteiger partial charge in [0.15, 0.2) is 0 Å². The van der Waals surface area contributed by atoms with E-state index >= 15 is 0 Å². The molecule has 0 radical (unpaired) electrons. The lowest BCUT2D eigenvalue weighted by molar-refractivity contribution is -0.115. The van der Waals surface area contributed by atoms with E-state index in [0.29, 0.717) is 11.4 Å². The molecule has 120 valence electrons. The number of nitrogen functional groups attached to an aromatic ring is 1. The molecular formula is C16H24N4O2. The zero-order chi connectivity index (χ0) is 15.9. The van der Waals surface area contributed by atoms with Crippen LogP contribution in [0.3, 0.4) is 0 Å². The van der Waals surface area contributed by atoms with Gasteiger partial charge < -0.3 is 21.7 Å². The van der Waals surface area contributed by atoms with Crippen molar-refractivity contribution in [3.05, 3.63) is 23.8 Å². The van der Waals surface area contributed by atoms with Crippen LogP contribution < -0.4 is 21.7 Å². The lowest BCUT2D eigenvalue weighted by Crippen LogP contribution is -2.45. The molecule has 6 heteroatoms. The molecule has 0 spiro atoms. The summed E-state index contributed by atoms with van der Waals surface area (Å²) in [6.07, 6.45) is 5.58. The molecule has 3 amide bonds. The summed E-state index contributed by atoms with van der Waals surface area (Å²) in [5.74, 6) is -0.271. The van der Waals surface area contributed by atoms with Gasteiger partial charge in [-0.05, 0) is 37.5 Å². The molecule has 0 aromatic heterocycles. The van der Waals surface area contributed by atoms with Crippen molar-refractivity contribution in [3.63, 3.8) is 0 Å². The Bertz CT molecular complexity index is 539. The normalized spacial score (nSPS) is 15.1.